The summed E-state index contributed by atoms with van der Waals surface area (Å²) in [5.41, 5.74) is 10.0. The molecule has 6 nitrogen and oxygen atoms in total. The summed E-state index contributed by atoms with van der Waals surface area (Å²) < 4.78 is 7.67. The number of rotatable bonds is 6. The van der Waals surface area contributed by atoms with Crippen molar-refractivity contribution in [1.82, 2.24) is 9.78 Å². The van der Waals surface area contributed by atoms with Crippen LogP contribution in [0.25, 0.3) is 5.69 Å². The average Bonchev–Trinajstić information content (AvgIpc) is 2.94. The largest absolute Gasteiger partial charge is 0.489 e. The van der Waals surface area contributed by atoms with Crippen molar-refractivity contribution in [2.45, 2.75) is 26.9 Å². The Kier molecular flexibility index (Phi) is 5.67. The number of aryl methyl sites for hydroxylation is 1. The minimum atomic E-state index is -0.366. The molecule has 1 amide bonds. The van der Waals surface area contributed by atoms with Gasteiger partial charge in [-0.05, 0) is 49.7 Å². The van der Waals surface area contributed by atoms with Gasteiger partial charge in [-0.1, -0.05) is 23.7 Å². The van der Waals surface area contributed by atoms with Gasteiger partial charge in [-0.2, -0.15) is 10.4 Å². The van der Waals surface area contributed by atoms with Crippen molar-refractivity contribution < 1.29 is 9.53 Å². The molecule has 1 aromatic heterocycles. The van der Waals surface area contributed by atoms with E-state index in [0.29, 0.717) is 22.9 Å². The average molecular weight is 395 g/mol. The summed E-state index contributed by atoms with van der Waals surface area (Å²) in [5.74, 6) is 0.330. The fourth-order valence-electron chi connectivity index (χ4n) is 2.92. The molecule has 28 heavy (non-hydrogen) atoms. The van der Waals surface area contributed by atoms with Gasteiger partial charge in [-0.15, -0.1) is 0 Å². The van der Waals surface area contributed by atoms with Crippen LogP contribution < -0.4 is 10.5 Å². The van der Waals surface area contributed by atoms with Crippen molar-refractivity contribution in [2.24, 2.45) is 5.73 Å². The van der Waals surface area contributed by atoms with Gasteiger partial charge >= 0.3 is 0 Å². The van der Waals surface area contributed by atoms with E-state index in [1.807, 2.05) is 44.2 Å². The summed E-state index contributed by atoms with van der Waals surface area (Å²) in [6, 6.07) is 14.5. The Morgan fingerprint density at radius 2 is 1.96 bits per heavy atom. The van der Waals surface area contributed by atoms with Crippen LogP contribution in [-0.2, 0) is 17.8 Å². The smallest absolute Gasteiger partial charge is 0.221 e. The quantitative estimate of drug-likeness (QED) is 0.690. The molecular weight excluding hydrogens is 376 g/mol. The molecule has 0 unspecified atom stereocenters. The molecular formula is C21H19ClN4O2. The lowest BCUT2D eigenvalue weighted by molar-refractivity contribution is -0.117. The number of primary amides is 1. The summed E-state index contributed by atoms with van der Waals surface area (Å²) in [7, 11) is 0. The molecule has 0 spiro atoms. The molecule has 0 saturated carbocycles. The Morgan fingerprint density at radius 1 is 1.25 bits per heavy atom. The summed E-state index contributed by atoms with van der Waals surface area (Å²) in [6.07, 6.45) is 0.207. The molecule has 0 atom stereocenters. The number of hydrogen-bond acceptors (Lipinski definition) is 4. The zero-order chi connectivity index (χ0) is 20.3. The number of amides is 1. The molecule has 2 N–H and O–H groups in total. The topological polar surface area (TPSA) is 93.9 Å². The van der Waals surface area contributed by atoms with E-state index in [2.05, 4.69) is 11.2 Å². The second-order valence-corrected chi connectivity index (χ2v) is 6.82. The van der Waals surface area contributed by atoms with E-state index in [1.54, 1.807) is 16.8 Å². The number of ether oxygens (including phenoxy) is 1. The third-order valence-electron chi connectivity index (χ3n) is 4.44. The molecule has 0 radical (unpaired) electrons. The number of nitrogens with two attached hydrogens (primary N) is 1. The molecule has 0 aliphatic rings. The minimum absolute atomic E-state index is 0.207. The van der Waals surface area contributed by atoms with Crippen LogP contribution in [0.15, 0.2) is 42.5 Å². The highest BCUT2D eigenvalue weighted by atomic mass is 35.5. The molecule has 1 heterocycles. The van der Waals surface area contributed by atoms with Crippen LogP contribution >= 0.6 is 11.6 Å². The molecule has 3 aromatic rings. The number of halogens is 1. The standard InChI is InChI=1S/C21H19ClN4O2/c1-13-19(12-28-18-7-3-15(4-8-18)9-21(24)27)14(2)26(25-13)17-6-5-16(11-23)20(22)10-17/h3-8,10H,9,12H2,1-2H3,(H2,24,27). The first-order valence-corrected chi connectivity index (χ1v) is 9.02. The Labute approximate surface area is 168 Å². The number of aromatic nitrogens is 2. The molecule has 0 bridgehead atoms. The van der Waals surface area contributed by atoms with E-state index < -0.39 is 0 Å². The first kappa shape index (κ1) is 19.5. The van der Waals surface area contributed by atoms with Crippen molar-refractivity contribution in [3.8, 4) is 17.5 Å². The van der Waals surface area contributed by atoms with E-state index in [4.69, 9.17) is 27.3 Å². The zero-order valence-corrected chi connectivity index (χ0v) is 16.3. The maximum atomic E-state index is 11.0. The van der Waals surface area contributed by atoms with Gasteiger partial charge in [0.1, 0.15) is 18.4 Å². The monoisotopic (exact) mass is 394 g/mol. The maximum absolute atomic E-state index is 11.0. The number of nitriles is 1. The van der Waals surface area contributed by atoms with Crippen molar-refractivity contribution in [3.63, 3.8) is 0 Å². The highest BCUT2D eigenvalue weighted by Gasteiger charge is 2.14. The Balaban J connectivity index is 1.78. The second kappa shape index (κ2) is 8.15. The van der Waals surface area contributed by atoms with Crippen molar-refractivity contribution >= 4 is 17.5 Å². The minimum Gasteiger partial charge on any atom is -0.489 e. The number of carbonyl (C=O) groups excluding carboxylic acids is 1. The fraction of sp³-hybridized carbons (Fsp3) is 0.190. The summed E-state index contributed by atoms with van der Waals surface area (Å²) in [6.45, 7) is 4.24. The van der Waals surface area contributed by atoms with Crippen LogP contribution in [0.1, 0.15) is 28.1 Å². The first-order valence-electron chi connectivity index (χ1n) is 8.64. The lowest BCUT2D eigenvalue weighted by atomic mass is 10.1. The summed E-state index contributed by atoms with van der Waals surface area (Å²) in [5, 5.41) is 14.0. The second-order valence-electron chi connectivity index (χ2n) is 6.41. The highest BCUT2D eigenvalue weighted by Crippen LogP contribution is 2.24. The van der Waals surface area contributed by atoms with Gasteiger partial charge in [0.15, 0.2) is 0 Å². The van der Waals surface area contributed by atoms with Crippen LogP contribution in [0.5, 0.6) is 5.75 Å². The molecule has 0 fully saturated rings. The van der Waals surface area contributed by atoms with E-state index in [0.717, 1.165) is 28.2 Å². The molecule has 2 aromatic carbocycles. The summed E-state index contributed by atoms with van der Waals surface area (Å²) in [4.78, 5) is 11.0. The van der Waals surface area contributed by atoms with Crippen LogP contribution in [0.3, 0.4) is 0 Å². The van der Waals surface area contributed by atoms with E-state index in [9.17, 15) is 4.79 Å². The Bertz CT molecular complexity index is 1070. The third-order valence-corrected chi connectivity index (χ3v) is 4.76. The highest BCUT2D eigenvalue weighted by molar-refractivity contribution is 6.31. The Morgan fingerprint density at radius 3 is 2.57 bits per heavy atom. The van der Waals surface area contributed by atoms with Gasteiger partial charge < -0.3 is 10.5 Å². The van der Waals surface area contributed by atoms with Crippen molar-refractivity contribution in [2.75, 3.05) is 0 Å². The molecule has 0 aliphatic heterocycles. The predicted octanol–water partition coefficient (Wildman–Crippen LogP) is 3.62. The predicted molar refractivity (Wildman–Crippen MR) is 106 cm³/mol. The van der Waals surface area contributed by atoms with Gasteiger partial charge in [0.05, 0.1) is 28.4 Å². The van der Waals surface area contributed by atoms with Crippen LogP contribution in [-0.4, -0.2) is 15.7 Å². The van der Waals surface area contributed by atoms with Crippen molar-refractivity contribution in [1.29, 1.82) is 5.26 Å². The number of carbonyl (C=O) groups is 1. The number of benzene rings is 2. The van der Waals surface area contributed by atoms with E-state index in [1.165, 1.54) is 0 Å². The van der Waals surface area contributed by atoms with Gasteiger partial charge in [-0.25, -0.2) is 4.68 Å². The first-order chi connectivity index (χ1) is 13.4. The van der Waals surface area contributed by atoms with Gasteiger partial charge in [0.2, 0.25) is 5.91 Å². The third kappa shape index (κ3) is 4.16. The van der Waals surface area contributed by atoms with Crippen LogP contribution in [0.4, 0.5) is 0 Å². The van der Waals surface area contributed by atoms with Gasteiger partial charge in [0, 0.05) is 11.3 Å². The number of hydrogen-bond donors (Lipinski definition) is 1. The lowest BCUT2D eigenvalue weighted by Crippen LogP contribution is -2.13. The normalized spacial score (nSPS) is 10.5. The van der Waals surface area contributed by atoms with Crippen LogP contribution in [0, 0.1) is 25.2 Å². The van der Waals surface area contributed by atoms with E-state index >= 15 is 0 Å². The SMILES string of the molecule is Cc1nn(-c2ccc(C#N)c(Cl)c2)c(C)c1COc1ccc(CC(N)=O)cc1. The van der Waals surface area contributed by atoms with Crippen molar-refractivity contribution in [3.05, 3.63) is 75.6 Å². The van der Waals surface area contributed by atoms with E-state index in [-0.39, 0.29) is 12.3 Å². The van der Waals surface area contributed by atoms with Crippen LogP contribution in [0.2, 0.25) is 5.02 Å². The molecule has 0 aliphatic carbocycles. The zero-order valence-electron chi connectivity index (χ0n) is 15.6. The molecule has 0 saturated heterocycles. The van der Waals surface area contributed by atoms with Gasteiger partial charge in [-0.3, -0.25) is 4.79 Å². The molecule has 7 heteroatoms. The Hall–Kier alpha value is -3.30. The lowest BCUT2D eigenvalue weighted by Gasteiger charge is -2.09. The van der Waals surface area contributed by atoms with Gasteiger partial charge in [0.25, 0.3) is 0 Å². The molecule has 3 rings (SSSR count). The fourth-order valence-corrected chi connectivity index (χ4v) is 3.14. The number of nitrogens with zero attached hydrogens (tertiary/aromatic N) is 3. The maximum Gasteiger partial charge on any atom is 0.221 e. The summed E-state index contributed by atoms with van der Waals surface area (Å²) >= 11 is 6.15. The molecule has 142 valence electrons.